The van der Waals surface area contributed by atoms with Crippen molar-refractivity contribution in [1.29, 1.82) is 0 Å². The molecule has 2 aromatic rings. The van der Waals surface area contributed by atoms with Crippen LogP contribution in [0.4, 0.5) is 18.9 Å². The van der Waals surface area contributed by atoms with Crippen LogP contribution in [-0.2, 0) is 11.3 Å². The minimum Gasteiger partial charge on any atom is -0.494 e. The molecular formula is C24H26F3N5O5. The first-order chi connectivity index (χ1) is 17.7. The predicted octanol–water partition coefficient (Wildman–Crippen LogP) is 4.09. The van der Waals surface area contributed by atoms with E-state index in [0.717, 1.165) is 5.56 Å². The standard InChI is InChI=1S/C24H26F3N5O5/c1-28-22-31-17-7-8-19(21(33)34)20(12-17)37-10-3-2-9-36-18-6-4-5-16(11-18)13-29-23(32-22)30-15-35-14-24(25,26)27/h4-8,11-12H,1-3,9-10,13-15H2,(H,33,34)(H2,29,30,31,32). The highest BCUT2D eigenvalue weighted by Gasteiger charge is 2.27. The predicted molar refractivity (Wildman–Crippen MR) is 132 cm³/mol. The Morgan fingerprint density at radius 1 is 1.19 bits per heavy atom. The summed E-state index contributed by atoms with van der Waals surface area (Å²) < 4.78 is 53.4. The molecule has 0 fully saturated rings. The van der Waals surface area contributed by atoms with Gasteiger partial charge in [0.2, 0.25) is 11.9 Å². The summed E-state index contributed by atoms with van der Waals surface area (Å²) >= 11 is 0. The number of anilines is 1. The Morgan fingerprint density at radius 3 is 2.70 bits per heavy atom. The van der Waals surface area contributed by atoms with E-state index in [0.29, 0.717) is 30.9 Å². The molecular weight excluding hydrogens is 495 g/mol. The summed E-state index contributed by atoms with van der Waals surface area (Å²) in [5.41, 5.74) is 1.16. The number of aromatic carboxylic acids is 1. The van der Waals surface area contributed by atoms with E-state index in [2.05, 4.69) is 37.1 Å². The molecule has 0 spiro atoms. The van der Waals surface area contributed by atoms with Crippen LogP contribution in [-0.4, -0.2) is 62.4 Å². The molecule has 3 N–H and O–H groups in total. The number of carboxylic acid groups (broad SMARTS) is 1. The molecule has 3 rings (SSSR count). The molecule has 13 heteroatoms. The van der Waals surface area contributed by atoms with Gasteiger partial charge in [-0.1, -0.05) is 12.1 Å². The summed E-state index contributed by atoms with van der Waals surface area (Å²) in [6, 6.07) is 11.5. The monoisotopic (exact) mass is 521 g/mol. The van der Waals surface area contributed by atoms with Gasteiger partial charge >= 0.3 is 12.1 Å². The van der Waals surface area contributed by atoms with Gasteiger partial charge in [-0.15, -0.1) is 0 Å². The van der Waals surface area contributed by atoms with Gasteiger partial charge in [0, 0.05) is 11.8 Å². The zero-order chi connectivity index (χ0) is 26.7. The van der Waals surface area contributed by atoms with E-state index in [1.807, 2.05) is 6.07 Å². The Bertz CT molecular complexity index is 1150. The summed E-state index contributed by atoms with van der Waals surface area (Å²) in [6.07, 6.45) is -3.18. The SMILES string of the molecule is C=N/C1=N\C(NCOCC(F)(F)F)=NCc2cccc(c2)OCCCCOc2cc(ccc2C(=O)O)N1. The van der Waals surface area contributed by atoms with Crippen LogP contribution in [0.3, 0.4) is 0 Å². The fourth-order valence-electron chi connectivity index (χ4n) is 3.12. The third kappa shape index (κ3) is 9.44. The summed E-state index contributed by atoms with van der Waals surface area (Å²) in [5.74, 6) is -0.502. The number of hydrogen-bond donors (Lipinski definition) is 3. The van der Waals surface area contributed by atoms with Crippen molar-refractivity contribution in [3.8, 4) is 11.5 Å². The molecule has 0 aromatic heterocycles. The van der Waals surface area contributed by atoms with Gasteiger partial charge < -0.3 is 30.0 Å². The lowest BCUT2D eigenvalue weighted by molar-refractivity contribution is -0.174. The molecule has 198 valence electrons. The van der Waals surface area contributed by atoms with Crippen LogP contribution in [0.1, 0.15) is 28.8 Å². The number of nitrogens with zero attached hydrogens (tertiary/aromatic N) is 3. The number of halogens is 3. The maximum absolute atomic E-state index is 12.4. The highest BCUT2D eigenvalue weighted by molar-refractivity contribution is 6.04. The second kappa shape index (κ2) is 13.3. The van der Waals surface area contributed by atoms with E-state index in [4.69, 9.17) is 9.47 Å². The van der Waals surface area contributed by atoms with E-state index in [-0.39, 0.29) is 36.4 Å². The van der Waals surface area contributed by atoms with Crippen LogP contribution in [0.2, 0.25) is 0 Å². The van der Waals surface area contributed by atoms with Crippen molar-refractivity contribution >= 4 is 30.3 Å². The van der Waals surface area contributed by atoms with Gasteiger partial charge in [0.1, 0.15) is 30.4 Å². The molecule has 0 unspecified atom stereocenters. The first-order valence-corrected chi connectivity index (χ1v) is 11.2. The number of fused-ring (bicyclic) bond motifs is 4. The lowest BCUT2D eigenvalue weighted by atomic mass is 10.2. The van der Waals surface area contributed by atoms with Crippen LogP contribution >= 0.6 is 0 Å². The molecule has 0 saturated carbocycles. The molecule has 2 aromatic carbocycles. The van der Waals surface area contributed by atoms with Crippen molar-refractivity contribution < 1.29 is 37.3 Å². The van der Waals surface area contributed by atoms with Crippen LogP contribution in [0.25, 0.3) is 0 Å². The first kappa shape index (κ1) is 27.5. The van der Waals surface area contributed by atoms with E-state index in [9.17, 15) is 23.1 Å². The zero-order valence-electron chi connectivity index (χ0n) is 19.8. The van der Waals surface area contributed by atoms with Crippen LogP contribution in [0.5, 0.6) is 11.5 Å². The first-order valence-electron chi connectivity index (χ1n) is 11.2. The Labute approximate surface area is 210 Å². The summed E-state index contributed by atoms with van der Waals surface area (Å²) in [4.78, 5) is 23.9. The van der Waals surface area contributed by atoms with Crippen molar-refractivity contribution in [3.63, 3.8) is 0 Å². The van der Waals surface area contributed by atoms with E-state index in [1.165, 1.54) is 18.2 Å². The fraction of sp³-hybridized carbons (Fsp3) is 0.333. The van der Waals surface area contributed by atoms with Gasteiger partial charge in [0.15, 0.2) is 0 Å². The van der Waals surface area contributed by atoms with Gasteiger partial charge in [-0.25, -0.2) is 14.8 Å². The highest BCUT2D eigenvalue weighted by Crippen LogP contribution is 2.24. The number of ether oxygens (including phenoxy) is 3. The normalized spacial score (nSPS) is 16.3. The molecule has 1 aliphatic rings. The number of guanidine groups is 2. The average molecular weight is 521 g/mol. The van der Waals surface area contributed by atoms with E-state index < -0.39 is 25.5 Å². The van der Waals surface area contributed by atoms with Crippen molar-refractivity contribution in [2.45, 2.75) is 25.6 Å². The van der Waals surface area contributed by atoms with Gasteiger partial charge in [-0.3, -0.25) is 0 Å². The summed E-state index contributed by atoms with van der Waals surface area (Å²) in [7, 11) is 0. The Kier molecular flexibility index (Phi) is 9.84. The van der Waals surface area contributed by atoms with Gasteiger partial charge in [0.05, 0.1) is 19.8 Å². The molecule has 0 aliphatic carbocycles. The third-order valence-electron chi connectivity index (χ3n) is 4.80. The number of hydrogen-bond acceptors (Lipinski definition) is 9. The minimum absolute atomic E-state index is 0.0243. The molecule has 0 amide bonds. The van der Waals surface area contributed by atoms with Gasteiger partial charge in [-0.05, 0) is 49.4 Å². The Morgan fingerprint density at radius 2 is 1.97 bits per heavy atom. The molecule has 0 atom stereocenters. The third-order valence-corrected chi connectivity index (χ3v) is 4.80. The number of aliphatic imine (C=N–C) groups is 3. The molecule has 37 heavy (non-hydrogen) atoms. The van der Waals surface area contributed by atoms with Crippen molar-refractivity contribution in [3.05, 3.63) is 53.6 Å². The van der Waals surface area contributed by atoms with E-state index in [1.54, 1.807) is 18.2 Å². The molecule has 0 radical (unpaired) electrons. The molecule has 4 bridgehead atoms. The zero-order valence-corrected chi connectivity index (χ0v) is 19.8. The quantitative estimate of drug-likeness (QED) is 0.314. The van der Waals surface area contributed by atoms with Crippen LogP contribution in [0, 0.1) is 0 Å². The highest BCUT2D eigenvalue weighted by atomic mass is 19.4. The number of benzene rings is 2. The Balaban J connectivity index is 1.90. The number of rotatable bonds is 4. The average Bonchev–Trinajstić information content (AvgIpc) is 2.85. The molecule has 0 saturated heterocycles. The van der Waals surface area contributed by atoms with Crippen LogP contribution in [0.15, 0.2) is 57.4 Å². The minimum atomic E-state index is -4.48. The lowest BCUT2D eigenvalue weighted by Crippen LogP contribution is -2.29. The summed E-state index contributed by atoms with van der Waals surface area (Å²) in [5, 5.41) is 15.0. The maximum Gasteiger partial charge on any atom is 0.411 e. The van der Waals surface area contributed by atoms with Crippen molar-refractivity contribution in [1.82, 2.24) is 5.32 Å². The molecule has 1 aliphatic heterocycles. The molecule has 10 nitrogen and oxygen atoms in total. The Hall–Kier alpha value is -4.13. The second-order valence-corrected chi connectivity index (χ2v) is 7.71. The smallest absolute Gasteiger partial charge is 0.411 e. The summed E-state index contributed by atoms with van der Waals surface area (Å²) in [6.45, 7) is 2.33. The van der Waals surface area contributed by atoms with Crippen molar-refractivity contribution in [2.75, 3.05) is 31.9 Å². The van der Waals surface area contributed by atoms with Gasteiger partial charge in [0.25, 0.3) is 0 Å². The lowest BCUT2D eigenvalue weighted by Gasteiger charge is -2.14. The molecule has 1 heterocycles. The van der Waals surface area contributed by atoms with Crippen LogP contribution < -0.4 is 20.1 Å². The number of carbonyl (C=O) groups is 1. The van der Waals surface area contributed by atoms with Crippen molar-refractivity contribution in [2.24, 2.45) is 15.0 Å². The second-order valence-electron chi connectivity index (χ2n) is 7.71. The largest absolute Gasteiger partial charge is 0.494 e. The maximum atomic E-state index is 12.4. The fourth-order valence-corrected chi connectivity index (χ4v) is 3.12. The topological polar surface area (TPSA) is 126 Å². The van der Waals surface area contributed by atoms with Gasteiger partial charge in [-0.2, -0.15) is 18.2 Å². The van der Waals surface area contributed by atoms with E-state index >= 15 is 0 Å². The number of nitrogens with one attached hydrogen (secondary N) is 2. The number of alkyl halides is 3. The number of carboxylic acids is 1.